The van der Waals surface area contributed by atoms with Crippen LogP contribution in [0.15, 0.2) is 72.0 Å². The maximum atomic E-state index is 12.8. The summed E-state index contributed by atoms with van der Waals surface area (Å²) < 4.78 is 26.8. The van der Waals surface area contributed by atoms with Crippen molar-refractivity contribution >= 4 is 32.9 Å². The van der Waals surface area contributed by atoms with Crippen LogP contribution in [0.25, 0.3) is 16.8 Å². The topological polar surface area (TPSA) is 107 Å². The lowest BCUT2D eigenvalue weighted by Gasteiger charge is -2.03. The molecule has 4 aromatic rings. The van der Waals surface area contributed by atoms with E-state index in [9.17, 15) is 18.5 Å². The predicted molar refractivity (Wildman–Crippen MR) is 107 cm³/mol. The van der Waals surface area contributed by atoms with Gasteiger partial charge in [-0.25, -0.2) is 13.4 Å². The zero-order valence-corrected chi connectivity index (χ0v) is 16.3. The first kappa shape index (κ1) is 19.0. The van der Waals surface area contributed by atoms with Crippen molar-refractivity contribution in [2.24, 2.45) is 0 Å². The Balaban J connectivity index is 1.94. The average molecular weight is 429 g/mol. The standard InChI is InChI=1S/C19H13ClN4O4S/c20-14-10-16(13-6-8-21-9-7-13)18-22-17(19(24(25)26)23(18)11-14)12-29(27,28)15-4-2-1-3-5-15/h1-11H,12H2. The molecule has 0 spiro atoms. The fourth-order valence-electron chi connectivity index (χ4n) is 3.07. The number of sulfone groups is 1. The maximum Gasteiger partial charge on any atom is 0.352 e. The lowest BCUT2D eigenvalue weighted by atomic mass is 10.1. The average Bonchev–Trinajstić information content (AvgIpc) is 3.05. The number of nitrogens with zero attached hydrogens (tertiary/aromatic N) is 4. The van der Waals surface area contributed by atoms with Gasteiger partial charge in [0, 0.05) is 12.4 Å². The molecule has 3 heterocycles. The van der Waals surface area contributed by atoms with Crippen LogP contribution in [0.4, 0.5) is 5.82 Å². The van der Waals surface area contributed by atoms with Crippen molar-refractivity contribution in [3.8, 4) is 11.1 Å². The Morgan fingerprint density at radius 2 is 1.79 bits per heavy atom. The number of hydrogen-bond acceptors (Lipinski definition) is 6. The van der Waals surface area contributed by atoms with Crippen LogP contribution in [0.1, 0.15) is 5.69 Å². The lowest BCUT2D eigenvalue weighted by Crippen LogP contribution is -2.07. The van der Waals surface area contributed by atoms with Gasteiger partial charge in [-0.05, 0) is 40.8 Å². The minimum atomic E-state index is -3.83. The highest BCUT2D eigenvalue weighted by molar-refractivity contribution is 7.90. The van der Waals surface area contributed by atoms with Crippen LogP contribution in [0, 0.1) is 10.1 Å². The second-order valence-corrected chi connectivity index (χ2v) is 8.64. The summed E-state index contributed by atoms with van der Waals surface area (Å²) in [6, 6.07) is 12.8. The number of rotatable bonds is 5. The van der Waals surface area contributed by atoms with Crippen LogP contribution in [0.2, 0.25) is 5.02 Å². The van der Waals surface area contributed by atoms with Crippen molar-refractivity contribution in [2.75, 3.05) is 0 Å². The van der Waals surface area contributed by atoms with Crippen LogP contribution >= 0.6 is 11.6 Å². The van der Waals surface area contributed by atoms with E-state index < -0.39 is 26.3 Å². The SMILES string of the molecule is O=[N+]([O-])c1c(CS(=O)(=O)c2ccccc2)nc2c(-c3ccncc3)cc(Cl)cn12. The van der Waals surface area contributed by atoms with Gasteiger partial charge >= 0.3 is 5.82 Å². The van der Waals surface area contributed by atoms with E-state index in [1.807, 2.05) is 0 Å². The van der Waals surface area contributed by atoms with Gasteiger partial charge in [-0.15, -0.1) is 0 Å². The van der Waals surface area contributed by atoms with E-state index >= 15 is 0 Å². The molecule has 0 atom stereocenters. The van der Waals surface area contributed by atoms with Crippen molar-refractivity contribution in [1.82, 2.24) is 14.4 Å². The van der Waals surface area contributed by atoms with Crippen LogP contribution in [-0.4, -0.2) is 27.7 Å². The summed E-state index contributed by atoms with van der Waals surface area (Å²) in [5.74, 6) is -1.04. The van der Waals surface area contributed by atoms with Gasteiger partial charge in [0.1, 0.15) is 11.9 Å². The molecule has 0 aliphatic rings. The first-order valence-corrected chi connectivity index (χ1v) is 10.4. The van der Waals surface area contributed by atoms with Gasteiger partial charge in [0.25, 0.3) is 0 Å². The summed E-state index contributed by atoms with van der Waals surface area (Å²) in [7, 11) is -3.83. The Morgan fingerprint density at radius 1 is 1.10 bits per heavy atom. The summed E-state index contributed by atoms with van der Waals surface area (Å²) in [5.41, 5.74) is 1.32. The van der Waals surface area contributed by atoms with E-state index in [-0.39, 0.29) is 21.3 Å². The number of benzene rings is 1. The molecule has 0 radical (unpaired) electrons. The Kier molecular flexibility index (Phi) is 4.77. The Hall–Kier alpha value is -3.30. The summed E-state index contributed by atoms with van der Waals surface area (Å²) in [6.07, 6.45) is 4.50. The fraction of sp³-hybridized carbons (Fsp3) is 0.0526. The summed E-state index contributed by atoms with van der Waals surface area (Å²) in [5, 5.41) is 12.0. The monoisotopic (exact) mass is 428 g/mol. The third kappa shape index (κ3) is 3.57. The van der Waals surface area contributed by atoms with Crippen LogP contribution < -0.4 is 0 Å². The molecule has 0 saturated carbocycles. The quantitative estimate of drug-likeness (QED) is 0.352. The Labute approximate surface area is 170 Å². The first-order chi connectivity index (χ1) is 13.9. The Morgan fingerprint density at radius 3 is 2.45 bits per heavy atom. The van der Waals surface area contributed by atoms with Crippen molar-refractivity contribution in [1.29, 1.82) is 0 Å². The second kappa shape index (κ2) is 7.26. The molecular formula is C19H13ClN4O4S. The lowest BCUT2D eigenvalue weighted by molar-refractivity contribution is -0.391. The Bertz CT molecular complexity index is 1320. The molecule has 0 aliphatic carbocycles. The number of imidazole rings is 1. The number of aromatic nitrogens is 3. The van der Waals surface area contributed by atoms with Crippen molar-refractivity contribution in [3.63, 3.8) is 0 Å². The van der Waals surface area contributed by atoms with E-state index in [0.717, 1.165) is 0 Å². The van der Waals surface area contributed by atoms with Gasteiger partial charge < -0.3 is 10.1 Å². The van der Waals surface area contributed by atoms with Crippen molar-refractivity contribution in [2.45, 2.75) is 10.6 Å². The summed E-state index contributed by atoms with van der Waals surface area (Å²) >= 11 is 6.18. The van der Waals surface area contributed by atoms with E-state index in [2.05, 4.69) is 9.97 Å². The normalized spacial score (nSPS) is 11.6. The molecule has 3 aromatic heterocycles. The number of fused-ring (bicyclic) bond motifs is 1. The van der Waals surface area contributed by atoms with Crippen molar-refractivity contribution < 1.29 is 13.3 Å². The van der Waals surface area contributed by atoms with Gasteiger partial charge in [-0.3, -0.25) is 4.98 Å². The van der Waals surface area contributed by atoms with Crippen molar-refractivity contribution in [3.05, 3.63) is 88.0 Å². The molecule has 146 valence electrons. The van der Waals surface area contributed by atoms with E-state index in [0.29, 0.717) is 11.1 Å². The maximum absolute atomic E-state index is 12.8. The first-order valence-electron chi connectivity index (χ1n) is 8.40. The molecule has 0 fully saturated rings. The molecule has 0 aliphatic heterocycles. The van der Waals surface area contributed by atoms with E-state index in [1.165, 1.54) is 22.7 Å². The van der Waals surface area contributed by atoms with Gasteiger partial charge in [-0.1, -0.05) is 29.8 Å². The predicted octanol–water partition coefficient (Wildman–Crippen LogP) is 3.93. The molecule has 4 rings (SSSR count). The number of nitro groups is 1. The third-order valence-corrected chi connectivity index (χ3v) is 6.17. The summed E-state index contributed by atoms with van der Waals surface area (Å²) in [4.78, 5) is 19.5. The fourth-order valence-corrected chi connectivity index (χ4v) is 4.57. The van der Waals surface area contributed by atoms with Gasteiger partial charge in [0.2, 0.25) is 5.65 Å². The summed E-state index contributed by atoms with van der Waals surface area (Å²) in [6.45, 7) is 0. The highest BCUT2D eigenvalue weighted by Crippen LogP contribution is 2.33. The molecule has 0 saturated heterocycles. The molecule has 1 aromatic carbocycles. The van der Waals surface area contributed by atoms with E-state index in [1.54, 1.807) is 48.8 Å². The number of hydrogen-bond donors (Lipinski definition) is 0. The largest absolute Gasteiger partial charge is 0.358 e. The smallest absolute Gasteiger partial charge is 0.352 e. The zero-order chi connectivity index (χ0) is 20.6. The minimum absolute atomic E-state index is 0.0683. The molecule has 0 amide bonds. The zero-order valence-electron chi connectivity index (χ0n) is 14.8. The van der Waals surface area contributed by atoms with Crippen LogP contribution in [-0.2, 0) is 15.6 Å². The molecule has 0 bridgehead atoms. The van der Waals surface area contributed by atoms with Crippen LogP contribution in [0.3, 0.4) is 0 Å². The molecule has 0 unspecified atom stereocenters. The second-order valence-electron chi connectivity index (χ2n) is 6.21. The van der Waals surface area contributed by atoms with Gasteiger partial charge in [-0.2, -0.15) is 4.40 Å². The van der Waals surface area contributed by atoms with Gasteiger partial charge in [0.05, 0.1) is 15.5 Å². The molecule has 0 N–H and O–H groups in total. The van der Waals surface area contributed by atoms with Crippen LogP contribution in [0.5, 0.6) is 0 Å². The van der Waals surface area contributed by atoms with Gasteiger partial charge in [0.15, 0.2) is 15.5 Å². The highest BCUT2D eigenvalue weighted by Gasteiger charge is 2.29. The third-order valence-electron chi connectivity index (χ3n) is 4.32. The minimum Gasteiger partial charge on any atom is -0.358 e. The molecular weight excluding hydrogens is 416 g/mol. The molecule has 10 heteroatoms. The molecule has 29 heavy (non-hydrogen) atoms. The molecule has 8 nitrogen and oxygen atoms in total. The number of halogens is 1. The highest BCUT2D eigenvalue weighted by atomic mass is 35.5. The van der Waals surface area contributed by atoms with E-state index in [4.69, 9.17) is 11.6 Å². The number of pyridine rings is 2.